The summed E-state index contributed by atoms with van der Waals surface area (Å²) in [5, 5.41) is 4.87. The van der Waals surface area contributed by atoms with Crippen LogP contribution in [0.15, 0.2) is 99.4 Å². The smallest absolute Gasteiger partial charge is 0.250 e. The molecule has 1 fully saturated rings. The van der Waals surface area contributed by atoms with Gasteiger partial charge in [0.1, 0.15) is 5.83 Å². The van der Waals surface area contributed by atoms with E-state index in [1.54, 1.807) is 30.1 Å². The molecule has 1 unspecified atom stereocenters. The van der Waals surface area contributed by atoms with Crippen molar-refractivity contribution in [2.45, 2.75) is 44.4 Å². The number of hydrogen-bond acceptors (Lipinski definition) is 5. The number of rotatable bonds is 5. The molecule has 1 aromatic rings. The normalized spacial score (nSPS) is 23.1. The molecule has 7 nitrogen and oxygen atoms in total. The molecular weight excluding hydrogens is 491 g/mol. The molecule has 1 aromatic heterocycles. The van der Waals surface area contributed by atoms with Crippen molar-refractivity contribution in [2.24, 2.45) is 15.0 Å². The zero-order chi connectivity index (χ0) is 27.0. The molecule has 1 saturated heterocycles. The van der Waals surface area contributed by atoms with E-state index in [-0.39, 0.29) is 17.7 Å². The van der Waals surface area contributed by atoms with Gasteiger partial charge in [0.2, 0.25) is 11.9 Å². The Hall–Kier alpha value is -4.20. The lowest BCUT2D eigenvalue weighted by atomic mass is 9.93. The highest BCUT2D eigenvalue weighted by atomic mass is 19.1. The minimum Gasteiger partial charge on any atom is -0.342 e. The Kier molecular flexibility index (Phi) is 8.51. The van der Waals surface area contributed by atoms with E-state index in [9.17, 15) is 9.18 Å². The number of piperidine rings is 1. The Balaban J connectivity index is 1.35. The van der Waals surface area contributed by atoms with Gasteiger partial charge in [-0.25, -0.2) is 19.1 Å². The summed E-state index contributed by atoms with van der Waals surface area (Å²) in [5.74, 6) is 0.473. The van der Waals surface area contributed by atoms with Crippen LogP contribution < -0.4 is 0 Å². The quantitative estimate of drug-likeness (QED) is 0.482. The summed E-state index contributed by atoms with van der Waals surface area (Å²) in [6.07, 6.45) is 26.4. The minimum atomic E-state index is -0.255. The first-order valence-electron chi connectivity index (χ1n) is 13.5. The van der Waals surface area contributed by atoms with Crippen LogP contribution in [-0.4, -0.2) is 58.6 Å². The maximum Gasteiger partial charge on any atom is 0.250 e. The van der Waals surface area contributed by atoms with Gasteiger partial charge in [0.15, 0.2) is 0 Å². The molecule has 8 heteroatoms. The maximum atomic E-state index is 13.8. The summed E-state index contributed by atoms with van der Waals surface area (Å²) in [4.78, 5) is 28.5. The number of carbonyl (C=O) groups excluding carboxylic acids is 1. The first kappa shape index (κ1) is 26.4. The predicted molar refractivity (Wildman–Crippen MR) is 156 cm³/mol. The molecule has 2 aliphatic heterocycles. The molecule has 0 spiro atoms. The fraction of sp³-hybridized carbons (Fsp3) is 0.323. The van der Waals surface area contributed by atoms with Crippen molar-refractivity contribution in [2.75, 3.05) is 20.1 Å². The van der Waals surface area contributed by atoms with Crippen LogP contribution in [0.2, 0.25) is 0 Å². The Labute approximate surface area is 228 Å². The standard InChI is InChI=1S/C31H33FN6O/c1-33-27-14-3-2-9-23(27)11-7-15-30(39)37-20-8-12-25(22-37)29-21-28(24-10-6-13-26(32)17-16-24)36-38(29)31-34-18-4-5-19-35-31/h2-4,9-11,13-14,16-19,21,25H,5-8,12,15,20,22H2,1H3/b23-11-,33-27?. The Bertz CT molecular complexity index is 1410. The molecule has 200 valence electrons. The van der Waals surface area contributed by atoms with E-state index in [4.69, 9.17) is 5.10 Å². The van der Waals surface area contributed by atoms with Gasteiger partial charge >= 0.3 is 0 Å². The highest BCUT2D eigenvalue weighted by Gasteiger charge is 2.29. The third-order valence-electron chi connectivity index (χ3n) is 7.13. The number of aromatic nitrogens is 2. The van der Waals surface area contributed by atoms with Crippen LogP contribution >= 0.6 is 0 Å². The summed E-state index contributed by atoms with van der Waals surface area (Å²) < 4.78 is 15.6. The minimum absolute atomic E-state index is 0.0860. The van der Waals surface area contributed by atoms with Gasteiger partial charge in [-0.2, -0.15) is 5.10 Å². The molecular formula is C31H33FN6O. The van der Waals surface area contributed by atoms with Gasteiger partial charge in [0, 0.05) is 51.3 Å². The first-order chi connectivity index (χ1) is 19.1. The lowest BCUT2D eigenvalue weighted by molar-refractivity contribution is -0.132. The van der Waals surface area contributed by atoms with Crippen molar-refractivity contribution in [3.05, 3.63) is 95.8 Å². The molecule has 1 atom stereocenters. The lowest BCUT2D eigenvalue weighted by Crippen LogP contribution is -2.39. The molecule has 0 radical (unpaired) electrons. The van der Waals surface area contributed by atoms with Crippen molar-refractivity contribution in [3.8, 4) is 0 Å². The summed E-state index contributed by atoms with van der Waals surface area (Å²) in [6.45, 7) is 1.36. The van der Waals surface area contributed by atoms with E-state index in [0.717, 1.165) is 47.6 Å². The van der Waals surface area contributed by atoms with E-state index in [2.05, 4.69) is 21.1 Å². The molecule has 5 rings (SSSR count). The van der Waals surface area contributed by atoms with E-state index in [1.165, 1.54) is 6.08 Å². The van der Waals surface area contributed by atoms with Crippen molar-refractivity contribution in [3.63, 3.8) is 0 Å². The van der Waals surface area contributed by atoms with Crippen molar-refractivity contribution in [1.29, 1.82) is 0 Å². The van der Waals surface area contributed by atoms with Gasteiger partial charge < -0.3 is 4.90 Å². The van der Waals surface area contributed by atoms with E-state index < -0.39 is 0 Å². The second-order valence-electron chi connectivity index (χ2n) is 9.75. The van der Waals surface area contributed by atoms with Gasteiger partial charge in [0.05, 0.1) is 17.1 Å². The number of amides is 1. The second kappa shape index (κ2) is 12.6. The number of hydrogen-bond donors (Lipinski definition) is 0. The molecule has 4 aliphatic rings. The maximum absolute atomic E-state index is 13.8. The molecule has 39 heavy (non-hydrogen) atoms. The highest BCUT2D eigenvalue weighted by Crippen LogP contribution is 2.31. The third-order valence-corrected chi connectivity index (χ3v) is 7.13. The fourth-order valence-corrected chi connectivity index (χ4v) is 5.12. The van der Waals surface area contributed by atoms with Crippen molar-refractivity contribution < 1.29 is 9.18 Å². The van der Waals surface area contributed by atoms with Crippen LogP contribution in [0, 0.1) is 0 Å². The van der Waals surface area contributed by atoms with Crippen molar-refractivity contribution in [1.82, 2.24) is 14.7 Å². The molecule has 0 saturated carbocycles. The predicted octanol–water partition coefficient (Wildman–Crippen LogP) is 5.88. The van der Waals surface area contributed by atoms with E-state index in [1.807, 2.05) is 53.6 Å². The van der Waals surface area contributed by atoms with Crippen LogP contribution in [0.4, 0.5) is 4.39 Å². The number of likely N-dealkylation sites (tertiary alicyclic amines) is 1. The number of allylic oxidation sites excluding steroid dienone is 13. The molecule has 1 amide bonds. The molecule has 2 aliphatic carbocycles. The van der Waals surface area contributed by atoms with E-state index >= 15 is 0 Å². The molecule has 0 N–H and O–H groups in total. The fourth-order valence-electron chi connectivity index (χ4n) is 5.12. The Morgan fingerprint density at radius 2 is 2.08 bits per heavy atom. The van der Waals surface area contributed by atoms with E-state index in [0.29, 0.717) is 38.2 Å². The molecule has 3 heterocycles. The summed E-state index contributed by atoms with van der Waals surface area (Å²) in [7, 11) is 1.78. The largest absolute Gasteiger partial charge is 0.342 e. The van der Waals surface area contributed by atoms with Crippen LogP contribution in [0.25, 0.3) is 5.57 Å². The highest BCUT2D eigenvalue weighted by molar-refractivity contribution is 6.11. The van der Waals surface area contributed by atoms with Gasteiger partial charge in [-0.3, -0.25) is 9.79 Å². The topological polar surface area (TPSA) is 75.2 Å². The number of halogens is 1. The average Bonchev–Trinajstić information content (AvgIpc) is 3.09. The SMILES string of the molecule is CN=C1C=CC=C/C1=C/CCC(=O)N1CCCC(c2cc(C3=CCC=C(F)C=C3)nn2C2=NC=CCC=N2)C1. The Morgan fingerprint density at radius 1 is 1.18 bits per heavy atom. The monoisotopic (exact) mass is 524 g/mol. The van der Waals surface area contributed by atoms with Crippen LogP contribution in [0.1, 0.15) is 55.8 Å². The zero-order valence-electron chi connectivity index (χ0n) is 22.2. The van der Waals surface area contributed by atoms with Gasteiger partial charge in [-0.15, -0.1) is 0 Å². The van der Waals surface area contributed by atoms with Gasteiger partial charge in [-0.1, -0.05) is 42.5 Å². The number of carbonyl (C=O) groups is 1. The number of nitrogens with zero attached hydrogens (tertiary/aromatic N) is 6. The third kappa shape index (κ3) is 6.45. The van der Waals surface area contributed by atoms with Crippen LogP contribution in [0.5, 0.6) is 0 Å². The van der Waals surface area contributed by atoms with Crippen LogP contribution in [-0.2, 0) is 4.79 Å². The van der Waals surface area contributed by atoms with Crippen LogP contribution in [0.3, 0.4) is 0 Å². The lowest BCUT2D eigenvalue weighted by Gasteiger charge is -2.33. The summed E-state index contributed by atoms with van der Waals surface area (Å²) in [5.41, 5.74) is 4.55. The van der Waals surface area contributed by atoms with Gasteiger partial charge in [0.25, 0.3) is 0 Å². The second-order valence-corrected chi connectivity index (χ2v) is 9.75. The molecule has 0 bridgehead atoms. The van der Waals surface area contributed by atoms with Crippen molar-refractivity contribution >= 4 is 29.4 Å². The first-order valence-corrected chi connectivity index (χ1v) is 13.5. The zero-order valence-corrected chi connectivity index (χ0v) is 22.2. The summed E-state index contributed by atoms with van der Waals surface area (Å²) >= 11 is 0. The van der Waals surface area contributed by atoms with Gasteiger partial charge in [-0.05, 0) is 61.1 Å². The average molecular weight is 525 g/mol. The molecule has 0 aromatic carbocycles. The number of aliphatic imine (C=N–C) groups is 3. The summed E-state index contributed by atoms with van der Waals surface area (Å²) in [6, 6.07) is 2.05. The Morgan fingerprint density at radius 3 is 2.97 bits per heavy atom.